The Bertz CT molecular complexity index is 439. The number of rotatable bonds is 5. The van der Waals surface area contributed by atoms with Gasteiger partial charge in [0.2, 0.25) is 0 Å². The smallest absolute Gasteiger partial charge is 0.121 e. The van der Waals surface area contributed by atoms with E-state index in [1.807, 2.05) is 6.07 Å². The summed E-state index contributed by atoms with van der Waals surface area (Å²) in [4.78, 5) is 0. The molecule has 1 aliphatic carbocycles. The summed E-state index contributed by atoms with van der Waals surface area (Å²) < 4.78 is 5.80. The fourth-order valence-corrected chi connectivity index (χ4v) is 3.24. The van der Waals surface area contributed by atoms with Crippen LogP contribution in [-0.2, 0) is 0 Å². The zero-order valence-corrected chi connectivity index (χ0v) is 13.6. The number of hydrogen-bond acceptors (Lipinski definition) is 2. The van der Waals surface area contributed by atoms with E-state index >= 15 is 0 Å². The molecule has 1 N–H and O–H groups in total. The molecule has 0 amide bonds. The molecule has 1 saturated carbocycles. The number of anilines is 1. The molecule has 2 rings (SSSR count). The molecule has 0 radical (unpaired) electrons. The highest BCUT2D eigenvalue weighted by Crippen LogP contribution is 2.42. The first-order chi connectivity index (χ1) is 9.35. The Kier molecular flexibility index (Phi) is 4.62. The molecule has 0 bridgehead atoms. The van der Waals surface area contributed by atoms with E-state index < -0.39 is 0 Å². The first kappa shape index (κ1) is 15.2. The number of benzene rings is 1. The summed E-state index contributed by atoms with van der Waals surface area (Å²) in [6.45, 7) is 12.2. The van der Waals surface area contributed by atoms with Crippen molar-refractivity contribution >= 4 is 5.69 Å². The lowest BCUT2D eigenvalue weighted by atomic mass is 9.91. The van der Waals surface area contributed by atoms with Crippen molar-refractivity contribution in [3.63, 3.8) is 0 Å². The highest BCUT2D eigenvalue weighted by Gasteiger charge is 2.36. The van der Waals surface area contributed by atoms with Crippen LogP contribution < -0.4 is 10.1 Å². The maximum atomic E-state index is 5.80. The molecular formula is C18H29NO. The molecular weight excluding hydrogens is 246 g/mol. The largest absolute Gasteiger partial charge is 0.493 e. The molecule has 2 unspecified atom stereocenters. The second-order valence-electron chi connectivity index (χ2n) is 7.53. The predicted molar refractivity (Wildman–Crippen MR) is 86.4 cm³/mol. The van der Waals surface area contributed by atoms with Gasteiger partial charge in [0, 0.05) is 17.8 Å². The van der Waals surface area contributed by atoms with Crippen LogP contribution in [0.4, 0.5) is 5.69 Å². The van der Waals surface area contributed by atoms with E-state index in [0.717, 1.165) is 18.3 Å². The summed E-state index contributed by atoms with van der Waals surface area (Å²) in [6, 6.07) is 8.95. The standard InChI is InChI=1S/C18H29NO/c1-13(2)12-20-16-8-6-7-15(9-16)19-17-11-18(4,5)10-14(17)3/h6-9,13-14,17,19H,10-12H2,1-5H3. The van der Waals surface area contributed by atoms with Crippen molar-refractivity contribution in [2.75, 3.05) is 11.9 Å². The Morgan fingerprint density at radius 2 is 2.05 bits per heavy atom. The van der Waals surface area contributed by atoms with Gasteiger partial charge in [-0.1, -0.05) is 40.7 Å². The Balaban J connectivity index is 1.98. The van der Waals surface area contributed by atoms with Gasteiger partial charge in [-0.05, 0) is 42.2 Å². The van der Waals surface area contributed by atoms with Gasteiger partial charge in [-0.25, -0.2) is 0 Å². The molecule has 20 heavy (non-hydrogen) atoms. The average molecular weight is 275 g/mol. The van der Waals surface area contributed by atoms with E-state index in [4.69, 9.17) is 4.74 Å². The van der Waals surface area contributed by atoms with Crippen LogP contribution in [0, 0.1) is 17.3 Å². The lowest BCUT2D eigenvalue weighted by molar-refractivity contribution is 0.271. The molecule has 0 aliphatic heterocycles. The van der Waals surface area contributed by atoms with Crippen LogP contribution >= 0.6 is 0 Å². The Morgan fingerprint density at radius 1 is 1.30 bits per heavy atom. The monoisotopic (exact) mass is 275 g/mol. The van der Waals surface area contributed by atoms with Crippen molar-refractivity contribution in [1.82, 2.24) is 0 Å². The van der Waals surface area contributed by atoms with Crippen LogP contribution in [0.25, 0.3) is 0 Å². The lowest BCUT2D eigenvalue weighted by Crippen LogP contribution is -2.22. The van der Waals surface area contributed by atoms with Crippen molar-refractivity contribution < 1.29 is 4.74 Å². The van der Waals surface area contributed by atoms with Gasteiger partial charge < -0.3 is 10.1 Å². The number of nitrogens with one attached hydrogen (secondary N) is 1. The first-order valence-electron chi connectivity index (χ1n) is 7.85. The zero-order valence-electron chi connectivity index (χ0n) is 13.6. The molecule has 0 spiro atoms. The van der Waals surface area contributed by atoms with Crippen LogP contribution in [0.5, 0.6) is 5.75 Å². The van der Waals surface area contributed by atoms with E-state index in [1.165, 1.54) is 18.5 Å². The van der Waals surface area contributed by atoms with Gasteiger partial charge in [0.05, 0.1) is 6.61 Å². The van der Waals surface area contributed by atoms with Crippen LogP contribution in [0.15, 0.2) is 24.3 Å². The summed E-state index contributed by atoms with van der Waals surface area (Å²) in [7, 11) is 0. The fraction of sp³-hybridized carbons (Fsp3) is 0.667. The lowest BCUT2D eigenvalue weighted by Gasteiger charge is -2.20. The SMILES string of the molecule is CC(C)COc1cccc(NC2CC(C)(C)CC2C)c1. The van der Waals surface area contributed by atoms with Crippen molar-refractivity contribution in [2.24, 2.45) is 17.3 Å². The molecule has 2 nitrogen and oxygen atoms in total. The van der Waals surface area contributed by atoms with Crippen molar-refractivity contribution in [3.05, 3.63) is 24.3 Å². The van der Waals surface area contributed by atoms with E-state index in [-0.39, 0.29) is 0 Å². The Morgan fingerprint density at radius 3 is 2.65 bits per heavy atom. The van der Waals surface area contributed by atoms with Gasteiger partial charge in [0.1, 0.15) is 5.75 Å². The van der Waals surface area contributed by atoms with Crippen LogP contribution in [-0.4, -0.2) is 12.6 Å². The third kappa shape index (κ3) is 4.16. The van der Waals surface area contributed by atoms with Gasteiger partial charge in [0.25, 0.3) is 0 Å². The zero-order chi connectivity index (χ0) is 14.8. The molecule has 1 fully saturated rings. The van der Waals surface area contributed by atoms with Crippen molar-refractivity contribution in [2.45, 2.75) is 53.5 Å². The summed E-state index contributed by atoms with van der Waals surface area (Å²) in [5.41, 5.74) is 1.64. The van der Waals surface area contributed by atoms with Crippen LogP contribution in [0.2, 0.25) is 0 Å². The third-order valence-corrected chi connectivity index (χ3v) is 4.10. The topological polar surface area (TPSA) is 21.3 Å². The molecule has 1 aliphatic rings. The average Bonchev–Trinajstić information content (AvgIpc) is 2.60. The summed E-state index contributed by atoms with van der Waals surface area (Å²) >= 11 is 0. The Hall–Kier alpha value is -1.18. The molecule has 112 valence electrons. The maximum Gasteiger partial charge on any atom is 0.121 e. The third-order valence-electron chi connectivity index (χ3n) is 4.10. The molecule has 1 aromatic rings. The predicted octanol–water partition coefficient (Wildman–Crippen LogP) is 4.96. The van der Waals surface area contributed by atoms with Gasteiger partial charge >= 0.3 is 0 Å². The van der Waals surface area contributed by atoms with Gasteiger partial charge in [-0.3, -0.25) is 0 Å². The van der Waals surface area contributed by atoms with Gasteiger partial charge in [0.15, 0.2) is 0 Å². The van der Waals surface area contributed by atoms with E-state index in [0.29, 0.717) is 17.4 Å². The quantitative estimate of drug-likeness (QED) is 0.820. The van der Waals surface area contributed by atoms with Crippen molar-refractivity contribution in [1.29, 1.82) is 0 Å². The fourth-order valence-electron chi connectivity index (χ4n) is 3.24. The van der Waals surface area contributed by atoms with Crippen LogP contribution in [0.1, 0.15) is 47.5 Å². The maximum absolute atomic E-state index is 5.80. The van der Waals surface area contributed by atoms with E-state index in [2.05, 4.69) is 58.1 Å². The second-order valence-corrected chi connectivity index (χ2v) is 7.53. The van der Waals surface area contributed by atoms with E-state index in [9.17, 15) is 0 Å². The molecule has 2 heteroatoms. The minimum absolute atomic E-state index is 0.461. The Labute approximate surface area is 123 Å². The summed E-state index contributed by atoms with van der Waals surface area (Å²) in [5.74, 6) is 2.25. The van der Waals surface area contributed by atoms with Crippen LogP contribution in [0.3, 0.4) is 0 Å². The van der Waals surface area contributed by atoms with Gasteiger partial charge in [-0.2, -0.15) is 0 Å². The molecule has 0 heterocycles. The molecule has 0 saturated heterocycles. The van der Waals surface area contributed by atoms with E-state index in [1.54, 1.807) is 0 Å². The number of ether oxygens (including phenoxy) is 1. The molecule has 1 aromatic carbocycles. The first-order valence-corrected chi connectivity index (χ1v) is 7.85. The summed E-state index contributed by atoms with van der Waals surface area (Å²) in [6.07, 6.45) is 2.54. The number of hydrogen-bond donors (Lipinski definition) is 1. The molecule has 0 aromatic heterocycles. The molecule has 2 atom stereocenters. The highest BCUT2D eigenvalue weighted by molar-refractivity contribution is 5.49. The van der Waals surface area contributed by atoms with Gasteiger partial charge in [-0.15, -0.1) is 0 Å². The summed E-state index contributed by atoms with van der Waals surface area (Å²) in [5, 5.41) is 3.69. The second kappa shape index (κ2) is 6.07. The van der Waals surface area contributed by atoms with Crippen molar-refractivity contribution in [3.8, 4) is 5.75 Å². The normalized spacial score (nSPS) is 24.9. The highest BCUT2D eigenvalue weighted by atomic mass is 16.5. The minimum Gasteiger partial charge on any atom is -0.493 e. The minimum atomic E-state index is 0.461.